The fraction of sp³-hybridized carbons (Fsp3) is 0.340. The van der Waals surface area contributed by atoms with Gasteiger partial charge in [-0.15, -0.1) is 0 Å². The van der Waals surface area contributed by atoms with Crippen LogP contribution in [-0.2, 0) is 16.0 Å². The maximum atomic E-state index is 13.7. The summed E-state index contributed by atoms with van der Waals surface area (Å²) in [5.74, 6) is 1.85. The first kappa shape index (κ1) is 42.8. The van der Waals surface area contributed by atoms with E-state index in [4.69, 9.17) is 23.7 Å². The molecule has 0 radical (unpaired) electrons. The van der Waals surface area contributed by atoms with Gasteiger partial charge in [-0.1, -0.05) is 24.3 Å². The Morgan fingerprint density at radius 1 is 0.797 bits per heavy atom. The second-order valence-electron chi connectivity index (χ2n) is 16.1. The molecule has 3 N–H and O–H groups in total. The van der Waals surface area contributed by atoms with Gasteiger partial charge in [-0.2, -0.15) is 10.2 Å². The number of ether oxygens (including phenoxy) is 5. The molecule has 3 aromatic carbocycles. The van der Waals surface area contributed by atoms with Crippen LogP contribution in [0.25, 0.3) is 54.7 Å². The van der Waals surface area contributed by atoms with Gasteiger partial charge in [0.1, 0.15) is 11.5 Å². The summed E-state index contributed by atoms with van der Waals surface area (Å²) in [7, 11) is 1.50. The van der Waals surface area contributed by atoms with Crippen molar-refractivity contribution in [1.29, 1.82) is 0 Å². The lowest BCUT2D eigenvalue weighted by Crippen LogP contribution is -2.31. The number of aromatic nitrogens is 7. The zero-order chi connectivity index (χ0) is 44.5. The van der Waals surface area contributed by atoms with Crippen molar-refractivity contribution in [3.8, 4) is 28.5 Å². The Morgan fingerprint density at radius 2 is 1.47 bits per heavy atom. The van der Waals surface area contributed by atoms with Crippen LogP contribution in [0.2, 0.25) is 0 Å². The average molecular weight is 868 g/mol. The number of nitrogens with zero attached hydrogens (tertiary/aromatic N) is 6. The molecule has 2 saturated heterocycles. The van der Waals surface area contributed by atoms with E-state index in [-0.39, 0.29) is 29.7 Å². The molecule has 5 aromatic heterocycles. The van der Waals surface area contributed by atoms with Crippen molar-refractivity contribution in [3.05, 3.63) is 111 Å². The summed E-state index contributed by atoms with van der Waals surface area (Å²) in [5.41, 5.74) is 6.76. The number of H-pyrrole nitrogens is 1. The first-order chi connectivity index (χ1) is 31.2. The number of benzene rings is 3. The molecule has 0 saturated carbocycles. The SMILES string of the molecule is CCOc1nccc(C)c1-c1ccc2c(c1)[nH]c(=O)c1cnn(C3CCOCC3)c12.COc1ccc(Cn2c(=O)c3cnn(C4CCOCC4)c3c3ccc(B(O)O)cc32)c(OC)c1. The minimum Gasteiger partial charge on any atom is -0.497 e. The second-order valence-corrected chi connectivity index (χ2v) is 16.1. The molecule has 0 spiro atoms. The van der Waals surface area contributed by atoms with Crippen LogP contribution in [0.5, 0.6) is 17.4 Å². The molecular weight excluding hydrogens is 817 g/mol. The van der Waals surface area contributed by atoms with E-state index in [1.54, 1.807) is 55.6 Å². The van der Waals surface area contributed by atoms with E-state index < -0.39 is 7.12 Å². The lowest BCUT2D eigenvalue weighted by molar-refractivity contribution is 0.0674. The van der Waals surface area contributed by atoms with Crippen molar-refractivity contribution < 1.29 is 33.7 Å². The second kappa shape index (κ2) is 18.3. The predicted octanol–water partition coefficient (Wildman–Crippen LogP) is 5.45. The third kappa shape index (κ3) is 8.00. The predicted molar refractivity (Wildman–Crippen MR) is 245 cm³/mol. The van der Waals surface area contributed by atoms with Gasteiger partial charge in [0.05, 0.1) is 84.7 Å². The Morgan fingerprint density at radius 3 is 2.12 bits per heavy atom. The van der Waals surface area contributed by atoms with Crippen LogP contribution in [0.1, 0.15) is 55.8 Å². The third-order valence-electron chi connectivity index (χ3n) is 12.3. The molecule has 0 aliphatic carbocycles. The van der Waals surface area contributed by atoms with Gasteiger partial charge >= 0.3 is 7.12 Å². The number of nitrogens with one attached hydrogen (secondary N) is 1. The number of rotatable bonds is 10. The maximum absolute atomic E-state index is 13.7. The van der Waals surface area contributed by atoms with Gasteiger partial charge in [0.2, 0.25) is 5.88 Å². The number of pyridine rings is 3. The fourth-order valence-corrected chi connectivity index (χ4v) is 9.02. The van der Waals surface area contributed by atoms with E-state index in [2.05, 4.69) is 32.3 Å². The number of fused-ring (bicyclic) bond motifs is 6. The largest absolute Gasteiger partial charge is 0.497 e. The molecule has 0 bridgehead atoms. The van der Waals surface area contributed by atoms with Crippen LogP contribution in [0, 0.1) is 6.92 Å². The van der Waals surface area contributed by atoms with Crippen molar-refractivity contribution >= 4 is 56.2 Å². The van der Waals surface area contributed by atoms with Crippen LogP contribution < -0.4 is 30.8 Å². The molecule has 8 aromatic rings. The first-order valence-electron chi connectivity index (χ1n) is 21.6. The summed E-state index contributed by atoms with van der Waals surface area (Å²) in [6.45, 7) is 7.49. The van der Waals surface area contributed by atoms with Crippen LogP contribution in [0.4, 0.5) is 0 Å². The lowest BCUT2D eigenvalue weighted by Gasteiger charge is -2.24. The van der Waals surface area contributed by atoms with Gasteiger partial charge in [-0.3, -0.25) is 19.0 Å². The van der Waals surface area contributed by atoms with E-state index in [9.17, 15) is 19.6 Å². The Bertz CT molecular complexity index is 3110. The lowest BCUT2D eigenvalue weighted by atomic mass is 9.80. The molecule has 0 amide bonds. The summed E-state index contributed by atoms with van der Waals surface area (Å²) < 4.78 is 33.2. The van der Waals surface area contributed by atoms with Gasteiger partial charge < -0.3 is 43.3 Å². The monoisotopic (exact) mass is 867 g/mol. The Labute approximate surface area is 368 Å². The summed E-state index contributed by atoms with van der Waals surface area (Å²) in [6.07, 6.45) is 8.49. The van der Waals surface area contributed by atoms with E-state index in [1.165, 1.54) is 0 Å². The van der Waals surface area contributed by atoms with Crippen molar-refractivity contribution in [3.63, 3.8) is 0 Å². The standard InChI is InChI=1S/C24H26BN3O6.C23H24N4O3/c1-32-18-5-3-15(22(12-18)33-2)14-27-21-11-16(25(30)31)4-6-19(21)23-20(24(27)29)13-26-28(23)17-7-9-34-10-8-17;1-3-30-23-20(14(2)6-9-24-23)15-4-5-17-19(12-15)26-22(28)18-13-25-27(21(17)18)16-7-10-29-11-8-16/h3-6,11-13,17,30-31H,7-10,14H2,1-2H3;4-6,9,12-13,16H,3,7-8,10-11H2,1-2H3,(H,26,28). The summed E-state index contributed by atoms with van der Waals surface area (Å²) in [5, 5.41) is 31.7. The van der Waals surface area contributed by atoms with Gasteiger partial charge in [0.25, 0.3) is 11.1 Å². The molecule has 16 nitrogen and oxygen atoms in total. The number of aryl methyl sites for hydroxylation is 1. The molecule has 17 heteroatoms. The molecule has 0 atom stereocenters. The van der Waals surface area contributed by atoms with E-state index >= 15 is 0 Å². The molecule has 2 aliphatic rings. The van der Waals surface area contributed by atoms with Gasteiger partial charge in [0, 0.05) is 60.6 Å². The van der Waals surface area contributed by atoms with Gasteiger partial charge in [-0.05, 0) is 86.5 Å². The number of hydrogen-bond acceptors (Lipinski definition) is 12. The van der Waals surface area contributed by atoms with Crippen molar-refractivity contribution in [2.24, 2.45) is 0 Å². The highest BCUT2D eigenvalue weighted by Crippen LogP contribution is 2.36. The molecule has 2 aliphatic heterocycles. The third-order valence-corrected chi connectivity index (χ3v) is 12.3. The number of methoxy groups -OCH3 is 2. The molecule has 64 heavy (non-hydrogen) atoms. The Kier molecular flexibility index (Phi) is 12.2. The van der Waals surface area contributed by atoms with E-state index in [0.717, 1.165) is 88.5 Å². The molecule has 7 heterocycles. The summed E-state index contributed by atoms with van der Waals surface area (Å²) in [4.78, 5) is 34.0. The minimum absolute atomic E-state index is 0.124. The number of aromatic amines is 1. The van der Waals surface area contributed by atoms with Crippen LogP contribution >= 0.6 is 0 Å². The van der Waals surface area contributed by atoms with Crippen LogP contribution in [0.15, 0.2) is 88.8 Å². The van der Waals surface area contributed by atoms with Gasteiger partial charge in [-0.25, -0.2) is 4.98 Å². The fourth-order valence-electron chi connectivity index (χ4n) is 9.02. The normalized spacial score (nSPS) is 14.8. The van der Waals surface area contributed by atoms with E-state index in [1.807, 2.05) is 53.5 Å². The zero-order valence-corrected chi connectivity index (χ0v) is 36.2. The number of hydrogen-bond donors (Lipinski definition) is 3. The molecular formula is C47H50BN7O9. The van der Waals surface area contributed by atoms with Gasteiger partial charge in [0.15, 0.2) is 0 Å². The first-order valence-corrected chi connectivity index (χ1v) is 21.6. The van der Waals surface area contributed by atoms with Crippen LogP contribution in [-0.4, -0.2) is 98.5 Å². The summed E-state index contributed by atoms with van der Waals surface area (Å²) >= 11 is 0. The quantitative estimate of drug-likeness (QED) is 0.148. The van der Waals surface area contributed by atoms with Crippen molar-refractivity contribution in [2.75, 3.05) is 47.3 Å². The van der Waals surface area contributed by atoms with Crippen molar-refractivity contribution in [1.82, 2.24) is 34.1 Å². The van der Waals surface area contributed by atoms with E-state index in [0.29, 0.717) is 59.0 Å². The smallest absolute Gasteiger partial charge is 0.488 e. The average Bonchev–Trinajstić information content (AvgIpc) is 3.98. The molecule has 330 valence electrons. The highest BCUT2D eigenvalue weighted by atomic mass is 16.5. The summed E-state index contributed by atoms with van der Waals surface area (Å²) in [6, 6.07) is 19.0. The van der Waals surface area contributed by atoms with Crippen molar-refractivity contribution in [2.45, 2.75) is 58.2 Å². The maximum Gasteiger partial charge on any atom is 0.488 e. The van der Waals surface area contributed by atoms with Crippen LogP contribution in [0.3, 0.4) is 0 Å². The molecule has 0 unspecified atom stereocenters. The molecule has 2 fully saturated rings. The zero-order valence-electron chi connectivity index (χ0n) is 36.2. The Hall–Kier alpha value is -6.53. The Balaban J connectivity index is 0.000000163. The highest BCUT2D eigenvalue weighted by molar-refractivity contribution is 6.59. The topological polar surface area (TPSA) is 190 Å². The molecule has 10 rings (SSSR count). The highest BCUT2D eigenvalue weighted by Gasteiger charge is 2.25. The minimum atomic E-state index is -1.65.